The van der Waals surface area contributed by atoms with Crippen molar-refractivity contribution in [2.24, 2.45) is 10.1 Å². The maximum absolute atomic E-state index is 5.00. The van der Waals surface area contributed by atoms with Crippen LogP contribution in [0.1, 0.15) is 16.7 Å². The number of halogens is 1. The summed E-state index contributed by atoms with van der Waals surface area (Å²) < 4.78 is 1.02. The Hall–Kier alpha value is -3.31. The highest BCUT2D eigenvalue weighted by Crippen LogP contribution is 2.33. The molecule has 0 bridgehead atoms. The molecule has 1 aliphatic rings. The Kier molecular flexibility index (Phi) is 4.22. The van der Waals surface area contributed by atoms with Gasteiger partial charge in [-0.2, -0.15) is 5.10 Å². The van der Waals surface area contributed by atoms with Gasteiger partial charge >= 0.3 is 0 Å². The minimum absolute atomic E-state index is 0.712. The Morgan fingerprint density at radius 3 is 2.46 bits per heavy atom. The number of rotatable bonds is 2. The quantitative estimate of drug-likeness (QED) is 0.464. The zero-order chi connectivity index (χ0) is 18.9. The second-order valence-corrected chi connectivity index (χ2v) is 7.38. The molecule has 28 heavy (non-hydrogen) atoms. The molecule has 2 heterocycles. The lowest BCUT2D eigenvalue weighted by molar-refractivity contribution is 1.03. The van der Waals surface area contributed by atoms with Crippen LogP contribution in [0.5, 0.6) is 0 Å². The van der Waals surface area contributed by atoms with E-state index in [1.54, 1.807) is 6.20 Å². The largest absolute Gasteiger partial charge is 0.264 e. The molecule has 0 spiro atoms. The second-order valence-electron chi connectivity index (χ2n) is 6.46. The number of pyridine rings is 1. The van der Waals surface area contributed by atoms with E-state index in [1.165, 1.54) is 0 Å². The van der Waals surface area contributed by atoms with E-state index in [1.807, 2.05) is 54.7 Å². The number of aliphatic imine (C=N–C) groups is 1. The Labute approximate surface area is 170 Å². The fourth-order valence-corrected chi connectivity index (χ4v) is 3.60. The van der Waals surface area contributed by atoms with E-state index in [-0.39, 0.29) is 0 Å². The van der Waals surface area contributed by atoms with Gasteiger partial charge in [-0.05, 0) is 35.7 Å². The van der Waals surface area contributed by atoms with Gasteiger partial charge in [-0.1, -0.05) is 58.4 Å². The average Bonchev–Trinajstić information content (AvgIpc) is 2.95. The van der Waals surface area contributed by atoms with Crippen molar-refractivity contribution >= 4 is 43.9 Å². The van der Waals surface area contributed by atoms with Gasteiger partial charge in [-0.15, -0.1) is 0 Å². The van der Waals surface area contributed by atoms with Crippen LogP contribution in [0, 0.1) is 0 Å². The molecule has 0 saturated carbocycles. The van der Waals surface area contributed by atoms with Gasteiger partial charge in [0.05, 0.1) is 5.69 Å². The highest BCUT2D eigenvalue weighted by Gasteiger charge is 2.19. The van der Waals surface area contributed by atoms with Gasteiger partial charge in [0, 0.05) is 38.9 Å². The SMILES string of the molecule is Brc1ccc(C2=Nc3c(ccc4ccccc34)C(c3cccnc3)=NN2)cc1. The summed E-state index contributed by atoms with van der Waals surface area (Å²) in [7, 11) is 0. The van der Waals surface area contributed by atoms with Crippen LogP contribution in [0.15, 0.2) is 99.8 Å². The van der Waals surface area contributed by atoms with Crippen LogP contribution in [0.4, 0.5) is 5.69 Å². The highest BCUT2D eigenvalue weighted by molar-refractivity contribution is 9.10. The van der Waals surface area contributed by atoms with Crippen LogP contribution in [0.3, 0.4) is 0 Å². The van der Waals surface area contributed by atoms with E-state index in [0.717, 1.165) is 43.3 Å². The highest BCUT2D eigenvalue weighted by atomic mass is 79.9. The molecule has 3 aromatic carbocycles. The van der Waals surface area contributed by atoms with Crippen LogP contribution in [-0.2, 0) is 0 Å². The zero-order valence-corrected chi connectivity index (χ0v) is 16.4. The first kappa shape index (κ1) is 16.8. The van der Waals surface area contributed by atoms with Crippen LogP contribution in [0.25, 0.3) is 10.8 Å². The van der Waals surface area contributed by atoms with Gasteiger partial charge in [0.25, 0.3) is 0 Å². The maximum Gasteiger partial charge on any atom is 0.154 e. The number of nitrogens with zero attached hydrogens (tertiary/aromatic N) is 3. The summed E-state index contributed by atoms with van der Waals surface area (Å²) in [5.74, 6) is 0.712. The molecule has 5 rings (SSSR count). The molecule has 134 valence electrons. The molecule has 0 unspecified atom stereocenters. The Bertz CT molecular complexity index is 1230. The zero-order valence-electron chi connectivity index (χ0n) is 14.8. The van der Waals surface area contributed by atoms with E-state index in [0.29, 0.717) is 5.84 Å². The van der Waals surface area contributed by atoms with Gasteiger partial charge in [-0.25, -0.2) is 4.99 Å². The Morgan fingerprint density at radius 2 is 1.64 bits per heavy atom. The molecule has 0 saturated heterocycles. The summed E-state index contributed by atoms with van der Waals surface area (Å²) in [6.07, 6.45) is 3.59. The predicted octanol–water partition coefficient (Wildman–Crippen LogP) is 5.43. The predicted molar refractivity (Wildman–Crippen MR) is 117 cm³/mol. The van der Waals surface area contributed by atoms with Crippen LogP contribution in [0.2, 0.25) is 0 Å². The molecular formula is C23H15BrN4. The summed E-state index contributed by atoms with van der Waals surface area (Å²) in [5.41, 5.74) is 7.79. The van der Waals surface area contributed by atoms with Gasteiger partial charge < -0.3 is 0 Å². The minimum Gasteiger partial charge on any atom is -0.264 e. The number of hydrogen-bond donors (Lipinski definition) is 1. The fourth-order valence-electron chi connectivity index (χ4n) is 3.33. The van der Waals surface area contributed by atoms with Crippen molar-refractivity contribution in [3.8, 4) is 0 Å². The van der Waals surface area contributed by atoms with Crippen molar-refractivity contribution in [3.05, 3.63) is 106 Å². The molecule has 0 amide bonds. The Balaban J connectivity index is 1.77. The fraction of sp³-hybridized carbons (Fsp3) is 0. The standard InChI is InChI=1S/C23H15BrN4/c24-18-10-7-16(8-11-18)23-26-22-19-6-2-1-4-15(19)9-12-20(22)21(27-28-23)17-5-3-13-25-14-17/h1-14H,(H,26,28). The molecule has 0 fully saturated rings. The normalized spacial score (nSPS) is 13.2. The average molecular weight is 427 g/mol. The number of fused-ring (bicyclic) bond motifs is 3. The van der Waals surface area contributed by atoms with Crippen LogP contribution < -0.4 is 5.43 Å². The molecule has 1 aromatic heterocycles. The third-order valence-electron chi connectivity index (χ3n) is 4.71. The van der Waals surface area contributed by atoms with Gasteiger partial charge in [-0.3, -0.25) is 10.4 Å². The van der Waals surface area contributed by atoms with Crippen molar-refractivity contribution in [1.82, 2.24) is 10.4 Å². The summed E-state index contributed by atoms with van der Waals surface area (Å²) in [6, 6.07) is 24.4. The number of amidine groups is 1. The monoisotopic (exact) mass is 426 g/mol. The van der Waals surface area contributed by atoms with Crippen LogP contribution in [-0.4, -0.2) is 16.5 Å². The van der Waals surface area contributed by atoms with Crippen molar-refractivity contribution in [2.45, 2.75) is 0 Å². The summed E-state index contributed by atoms with van der Waals surface area (Å²) in [5, 5.41) is 6.94. The third-order valence-corrected chi connectivity index (χ3v) is 5.23. The second kappa shape index (κ2) is 7.02. The molecule has 0 atom stereocenters. The van der Waals surface area contributed by atoms with Crippen LogP contribution >= 0.6 is 15.9 Å². The van der Waals surface area contributed by atoms with Crippen molar-refractivity contribution in [1.29, 1.82) is 0 Å². The van der Waals surface area contributed by atoms with Crippen molar-refractivity contribution < 1.29 is 0 Å². The van der Waals surface area contributed by atoms with Crippen molar-refractivity contribution in [3.63, 3.8) is 0 Å². The number of hydrazone groups is 1. The van der Waals surface area contributed by atoms with Gasteiger partial charge in [0.15, 0.2) is 5.84 Å². The van der Waals surface area contributed by atoms with E-state index >= 15 is 0 Å². The van der Waals surface area contributed by atoms with Crippen molar-refractivity contribution in [2.75, 3.05) is 0 Å². The molecule has 1 N–H and O–H groups in total. The Morgan fingerprint density at radius 1 is 0.786 bits per heavy atom. The summed E-state index contributed by atoms with van der Waals surface area (Å²) in [4.78, 5) is 9.26. The lowest BCUT2D eigenvalue weighted by Crippen LogP contribution is -2.19. The summed E-state index contributed by atoms with van der Waals surface area (Å²) >= 11 is 3.49. The smallest absolute Gasteiger partial charge is 0.154 e. The first-order valence-corrected chi connectivity index (χ1v) is 9.70. The van der Waals surface area contributed by atoms with E-state index in [9.17, 15) is 0 Å². The first-order valence-electron chi connectivity index (χ1n) is 8.90. The molecule has 5 heteroatoms. The van der Waals surface area contributed by atoms with E-state index < -0.39 is 0 Å². The van der Waals surface area contributed by atoms with Gasteiger partial charge in [0.2, 0.25) is 0 Å². The number of benzene rings is 3. The molecule has 0 aliphatic carbocycles. The number of aromatic nitrogens is 1. The minimum atomic E-state index is 0.712. The lowest BCUT2D eigenvalue weighted by Gasteiger charge is -2.10. The number of hydrogen-bond acceptors (Lipinski definition) is 4. The topological polar surface area (TPSA) is 49.6 Å². The molecule has 1 aliphatic heterocycles. The van der Waals surface area contributed by atoms with Gasteiger partial charge in [0.1, 0.15) is 5.71 Å². The molecule has 4 aromatic rings. The number of nitrogens with one attached hydrogen (secondary N) is 1. The third kappa shape index (κ3) is 3.00. The van der Waals surface area contributed by atoms with E-state index in [2.05, 4.69) is 50.6 Å². The maximum atomic E-state index is 5.00. The molecule has 4 nitrogen and oxygen atoms in total. The lowest BCUT2D eigenvalue weighted by atomic mass is 9.97. The van der Waals surface area contributed by atoms with E-state index in [4.69, 9.17) is 10.1 Å². The first-order chi connectivity index (χ1) is 13.8. The molecule has 0 radical (unpaired) electrons. The molecular weight excluding hydrogens is 412 g/mol. The summed E-state index contributed by atoms with van der Waals surface area (Å²) in [6.45, 7) is 0.